The molecule has 0 bridgehead atoms. The first-order valence-electron chi connectivity index (χ1n) is 9.22. The number of ether oxygens (including phenoxy) is 1. The summed E-state index contributed by atoms with van der Waals surface area (Å²) in [6, 6.07) is 13.8. The third-order valence-electron chi connectivity index (χ3n) is 4.80. The smallest absolute Gasteiger partial charge is 0.223 e. The van der Waals surface area contributed by atoms with Gasteiger partial charge in [0.2, 0.25) is 5.95 Å². The molecule has 0 fully saturated rings. The maximum atomic E-state index is 5.29. The van der Waals surface area contributed by atoms with Crippen LogP contribution in [0.5, 0.6) is 5.75 Å². The Morgan fingerprint density at radius 2 is 1.93 bits per heavy atom. The number of fused-ring (bicyclic) bond motifs is 5. The van der Waals surface area contributed by atoms with Crippen molar-refractivity contribution in [2.75, 3.05) is 17.7 Å². The SMILES string of the molecule is COc1cccc(CNc2ncc3c(n2)-c2cccnc2Nc2cnccc2-3)c1. The lowest BCUT2D eigenvalue weighted by Gasteiger charge is -2.11. The van der Waals surface area contributed by atoms with Gasteiger partial charge in [-0.25, -0.2) is 15.0 Å². The Morgan fingerprint density at radius 1 is 0.966 bits per heavy atom. The van der Waals surface area contributed by atoms with Crippen LogP contribution in [0.1, 0.15) is 5.56 Å². The number of hydrogen-bond donors (Lipinski definition) is 2. The van der Waals surface area contributed by atoms with Gasteiger partial charge >= 0.3 is 0 Å². The van der Waals surface area contributed by atoms with Crippen molar-refractivity contribution in [3.05, 3.63) is 72.8 Å². The molecule has 7 heteroatoms. The average Bonchev–Trinajstić information content (AvgIpc) is 2.92. The largest absolute Gasteiger partial charge is 0.497 e. The van der Waals surface area contributed by atoms with E-state index < -0.39 is 0 Å². The zero-order valence-corrected chi connectivity index (χ0v) is 15.8. The first-order chi connectivity index (χ1) is 14.3. The fraction of sp³-hybridized carbons (Fsp3) is 0.0909. The molecule has 0 saturated heterocycles. The van der Waals surface area contributed by atoms with Gasteiger partial charge in [-0.1, -0.05) is 12.1 Å². The van der Waals surface area contributed by atoms with E-state index in [9.17, 15) is 0 Å². The van der Waals surface area contributed by atoms with Gasteiger partial charge < -0.3 is 15.4 Å². The van der Waals surface area contributed by atoms with Crippen LogP contribution >= 0.6 is 0 Å². The molecule has 142 valence electrons. The van der Waals surface area contributed by atoms with Crippen LogP contribution in [0.15, 0.2) is 67.3 Å². The first-order valence-corrected chi connectivity index (χ1v) is 9.22. The maximum Gasteiger partial charge on any atom is 0.223 e. The molecule has 2 N–H and O–H groups in total. The van der Waals surface area contributed by atoms with E-state index >= 15 is 0 Å². The fourth-order valence-electron chi connectivity index (χ4n) is 3.39. The summed E-state index contributed by atoms with van der Waals surface area (Å²) in [6.07, 6.45) is 7.16. The molecule has 0 spiro atoms. The zero-order chi connectivity index (χ0) is 19.6. The van der Waals surface area contributed by atoms with E-state index in [1.807, 2.05) is 48.7 Å². The number of methoxy groups -OCH3 is 1. The Hall–Kier alpha value is -4.00. The second kappa shape index (κ2) is 7.20. The van der Waals surface area contributed by atoms with Crippen LogP contribution in [-0.4, -0.2) is 27.0 Å². The molecular formula is C22H18N6O. The van der Waals surface area contributed by atoms with Gasteiger partial charge in [0.15, 0.2) is 0 Å². The molecule has 7 nitrogen and oxygen atoms in total. The van der Waals surface area contributed by atoms with E-state index in [1.165, 1.54) is 0 Å². The summed E-state index contributed by atoms with van der Waals surface area (Å²) < 4.78 is 5.29. The number of hydrogen-bond acceptors (Lipinski definition) is 7. The summed E-state index contributed by atoms with van der Waals surface area (Å²) in [6.45, 7) is 0.592. The Kier molecular flexibility index (Phi) is 4.25. The van der Waals surface area contributed by atoms with Gasteiger partial charge in [-0.2, -0.15) is 0 Å². The molecule has 1 aliphatic rings. The van der Waals surface area contributed by atoms with Gasteiger partial charge in [0, 0.05) is 41.8 Å². The summed E-state index contributed by atoms with van der Waals surface area (Å²) in [7, 11) is 1.66. The lowest BCUT2D eigenvalue weighted by molar-refractivity contribution is 0.414. The number of anilines is 3. The van der Waals surface area contributed by atoms with Gasteiger partial charge in [0.1, 0.15) is 11.6 Å². The second-order valence-electron chi connectivity index (χ2n) is 6.61. The summed E-state index contributed by atoms with van der Waals surface area (Å²) in [5.74, 6) is 2.13. The topological polar surface area (TPSA) is 84.8 Å². The van der Waals surface area contributed by atoms with E-state index in [-0.39, 0.29) is 0 Å². The monoisotopic (exact) mass is 382 g/mol. The average molecular weight is 382 g/mol. The molecule has 4 aromatic rings. The number of benzene rings is 1. The minimum atomic E-state index is 0.555. The molecule has 0 atom stereocenters. The summed E-state index contributed by atoms with van der Waals surface area (Å²) in [4.78, 5) is 18.1. The first kappa shape index (κ1) is 17.1. The Bertz CT molecular complexity index is 1190. The normalized spacial score (nSPS) is 11.3. The van der Waals surface area contributed by atoms with Crippen molar-refractivity contribution in [1.29, 1.82) is 0 Å². The Labute approximate surface area is 167 Å². The molecule has 0 radical (unpaired) electrons. The molecule has 1 aromatic carbocycles. The molecule has 1 aliphatic heterocycles. The Morgan fingerprint density at radius 3 is 2.86 bits per heavy atom. The number of pyridine rings is 2. The highest BCUT2D eigenvalue weighted by Crippen LogP contribution is 2.41. The predicted molar refractivity (Wildman–Crippen MR) is 112 cm³/mol. The molecule has 4 heterocycles. The molecule has 0 aliphatic carbocycles. The van der Waals surface area contributed by atoms with Crippen molar-refractivity contribution in [3.63, 3.8) is 0 Å². The third kappa shape index (κ3) is 3.23. The van der Waals surface area contributed by atoms with Gasteiger partial charge in [-0.15, -0.1) is 0 Å². The summed E-state index contributed by atoms with van der Waals surface area (Å²) in [5, 5.41) is 6.67. The van der Waals surface area contributed by atoms with Gasteiger partial charge in [-0.05, 0) is 35.9 Å². The minimum absolute atomic E-state index is 0.555. The molecule has 0 amide bonds. The van der Waals surface area contributed by atoms with Crippen molar-refractivity contribution < 1.29 is 4.74 Å². The molecule has 5 rings (SSSR count). The third-order valence-corrected chi connectivity index (χ3v) is 4.80. The van der Waals surface area contributed by atoms with E-state index in [2.05, 4.69) is 25.6 Å². The van der Waals surface area contributed by atoms with Crippen molar-refractivity contribution >= 4 is 17.5 Å². The fourth-order valence-corrected chi connectivity index (χ4v) is 3.39. The highest BCUT2D eigenvalue weighted by atomic mass is 16.5. The van der Waals surface area contributed by atoms with Crippen molar-refractivity contribution in [2.24, 2.45) is 0 Å². The Balaban J connectivity index is 1.54. The molecule has 0 unspecified atom stereocenters. The van der Waals surface area contributed by atoms with Crippen LogP contribution in [0.4, 0.5) is 17.5 Å². The number of rotatable bonds is 4. The number of aromatic nitrogens is 4. The van der Waals surface area contributed by atoms with E-state index in [0.717, 1.165) is 45.2 Å². The quantitative estimate of drug-likeness (QED) is 0.480. The predicted octanol–water partition coefficient (Wildman–Crippen LogP) is 4.28. The minimum Gasteiger partial charge on any atom is -0.497 e. The van der Waals surface area contributed by atoms with Crippen LogP contribution in [0.2, 0.25) is 0 Å². The zero-order valence-electron chi connectivity index (χ0n) is 15.8. The molecule has 29 heavy (non-hydrogen) atoms. The number of nitrogens with one attached hydrogen (secondary N) is 2. The summed E-state index contributed by atoms with van der Waals surface area (Å²) >= 11 is 0. The van der Waals surface area contributed by atoms with Gasteiger partial charge in [0.25, 0.3) is 0 Å². The second-order valence-corrected chi connectivity index (χ2v) is 6.61. The lowest BCUT2D eigenvalue weighted by atomic mass is 10.0. The van der Waals surface area contributed by atoms with Crippen LogP contribution in [0.25, 0.3) is 22.4 Å². The lowest BCUT2D eigenvalue weighted by Crippen LogP contribution is -2.05. The van der Waals surface area contributed by atoms with Gasteiger partial charge in [-0.3, -0.25) is 4.98 Å². The van der Waals surface area contributed by atoms with Crippen LogP contribution in [0.3, 0.4) is 0 Å². The van der Waals surface area contributed by atoms with Crippen molar-refractivity contribution in [1.82, 2.24) is 19.9 Å². The summed E-state index contributed by atoms with van der Waals surface area (Å²) in [5.41, 5.74) is 5.65. The maximum absolute atomic E-state index is 5.29. The molecule has 3 aromatic heterocycles. The molecular weight excluding hydrogens is 364 g/mol. The number of nitrogens with zero attached hydrogens (tertiary/aromatic N) is 4. The highest BCUT2D eigenvalue weighted by molar-refractivity contribution is 5.95. The van der Waals surface area contributed by atoms with Crippen LogP contribution < -0.4 is 15.4 Å². The van der Waals surface area contributed by atoms with Crippen molar-refractivity contribution in [3.8, 4) is 28.1 Å². The van der Waals surface area contributed by atoms with Gasteiger partial charge in [0.05, 0.1) is 24.7 Å². The standard InChI is InChI=1S/C22H18N6O/c1-29-15-5-2-4-14(10-15)11-25-22-26-12-18-16-7-9-23-13-19(16)27-21-17(20(18)28-22)6-3-8-24-21/h2-10,12-13H,11H2,1H3,(H,24,27)(H,25,26,28). The van der Waals surface area contributed by atoms with Crippen molar-refractivity contribution in [2.45, 2.75) is 6.54 Å². The van der Waals surface area contributed by atoms with E-state index in [0.29, 0.717) is 12.5 Å². The van der Waals surface area contributed by atoms with E-state index in [1.54, 1.807) is 25.7 Å². The van der Waals surface area contributed by atoms with E-state index in [4.69, 9.17) is 9.72 Å². The van der Waals surface area contributed by atoms with Crippen LogP contribution in [-0.2, 0) is 6.54 Å². The molecule has 0 saturated carbocycles. The highest BCUT2D eigenvalue weighted by Gasteiger charge is 2.21. The van der Waals surface area contributed by atoms with Crippen LogP contribution in [0, 0.1) is 0 Å².